The molecule has 2 atom stereocenters. The van der Waals surface area contributed by atoms with E-state index >= 15 is 0 Å². The number of sulfonamides is 1. The summed E-state index contributed by atoms with van der Waals surface area (Å²) in [7, 11) is -4.51. The lowest BCUT2D eigenvalue weighted by Gasteiger charge is -2.36. The third kappa shape index (κ3) is 11.6. The Morgan fingerprint density at radius 1 is 0.930 bits per heavy atom. The van der Waals surface area contributed by atoms with Gasteiger partial charge in [0, 0.05) is 42.3 Å². The first kappa shape index (κ1) is 43.3. The number of pyridine rings is 2. The molecule has 310 valence electrons. The third-order valence-electron chi connectivity index (χ3n) is 10.5. The van der Waals surface area contributed by atoms with Gasteiger partial charge in [0.15, 0.2) is 5.03 Å². The number of ether oxygens (including phenoxy) is 2. The number of nitrogens with one attached hydrogen (secondary N) is 2. The number of carbonyl (C=O) groups excluding carboxylic acids is 3. The van der Waals surface area contributed by atoms with E-state index in [-0.39, 0.29) is 42.5 Å². The lowest BCUT2D eigenvalue weighted by Crippen LogP contribution is -2.45. The van der Waals surface area contributed by atoms with Crippen LogP contribution in [-0.2, 0) is 31.5 Å². The number of hydrogen-bond donors (Lipinski definition) is 2. The monoisotopic (exact) mass is 808 g/mol. The summed E-state index contributed by atoms with van der Waals surface area (Å²) in [5.41, 5.74) is -0.677. The second kappa shape index (κ2) is 17.4. The quantitative estimate of drug-likeness (QED) is 0.184. The molecule has 2 aliphatic rings. The lowest BCUT2D eigenvalue weighted by molar-refractivity contribution is 0.0130. The van der Waals surface area contributed by atoms with Crippen LogP contribution in [0.15, 0.2) is 65.7 Å². The number of likely N-dealkylation sites (tertiary alicyclic amines) is 2. The number of piperidine rings is 1. The normalized spacial score (nSPS) is 18.2. The van der Waals surface area contributed by atoms with Crippen molar-refractivity contribution in [1.82, 2.24) is 24.5 Å². The van der Waals surface area contributed by atoms with Gasteiger partial charge < -0.3 is 24.6 Å². The zero-order chi connectivity index (χ0) is 41.8. The molecule has 13 nitrogen and oxygen atoms in total. The molecule has 4 heterocycles. The van der Waals surface area contributed by atoms with Gasteiger partial charge in [-0.05, 0) is 108 Å². The molecule has 3 amide bonds. The van der Waals surface area contributed by atoms with Gasteiger partial charge in [-0.2, -0.15) is 12.8 Å². The molecule has 0 bridgehead atoms. The Kier molecular flexibility index (Phi) is 13.2. The van der Waals surface area contributed by atoms with Crippen LogP contribution in [0.4, 0.5) is 19.8 Å². The van der Waals surface area contributed by atoms with E-state index in [9.17, 15) is 27.2 Å². The summed E-state index contributed by atoms with van der Waals surface area (Å²) in [6.45, 7) is 16.9. The number of aromatic nitrogens is 2. The summed E-state index contributed by atoms with van der Waals surface area (Å²) in [4.78, 5) is 50.8. The Balaban J connectivity index is 1.29. The topological polar surface area (TPSA) is 160 Å². The van der Waals surface area contributed by atoms with Gasteiger partial charge in [0.05, 0.1) is 5.56 Å². The fourth-order valence-corrected chi connectivity index (χ4v) is 8.37. The molecule has 5 rings (SSSR count). The number of hydrogen-bond acceptors (Lipinski definition) is 10. The van der Waals surface area contributed by atoms with Crippen molar-refractivity contribution in [3.05, 3.63) is 83.4 Å². The first-order valence-corrected chi connectivity index (χ1v) is 21.0. The molecule has 0 radical (unpaired) electrons. The minimum absolute atomic E-state index is 0.0906. The molecular weight excluding hydrogens is 752 g/mol. The maximum absolute atomic E-state index is 14.9. The van der Waals surface area contributed by atoms with E-state index in [1.165, 1.54) is 24.3 Å². The highest BCUT2D eigenvalue weighted by Crippen LogP contribution is 2.38. The van der Waals surface area contributed by atoms with Gasteiger partial charge in [-0.25, -0.2) is 24.3 Å². The molecule has 2 N–H and O–H groups in total. The molecule has 2 aliphatic heterocycles. The second-order valence-electron chi connectivity index (χ2n) is 17.7. The summed E-state index contributed by atoms with van der Waals surface area (Å²) >= 11 is 0. The maximum Gasteiger partial charge on any atom is 0.410 e. The van der Waals surface area contributed by atoms with E-state index in [0.29, 0.717) is 44.6 Å². The van der Waals surface area contributed by atoms with Crippen molar-refractivity contribution in [1.29, 1.82) is 0 Å². The van der Waals surface area contributed by atoms with E-state index in [2.05, 4.69) is 15.3 Å². The molecule has 2 aromatic heterocycles. The van der Waals surface area contributed by atoms with Crippen LogP contribution in [0.25, 0.3) is 0 Å². The minimum atomic E-state index is -4.51. The van der Waals surface area contributed by atoms with Crippen LogP contribution in [0, 0.1) is 17.8 Å². The fourth-order valence-electron chi connectivity index (χ4n) is 7.44. The molecule has 0 saturated carbocycles. The standard InChI is InChI=1S/C42H57FN6O7S/c1-40(2,3)33-20-18-31(36(43)45-33)37(50)47-57(53,54)35-16-12-15-34(46-35)44-32(19-17-29-25-42(7,8)49(26-29)39(52)56-41(4,5)6)30-21-23-48(24-22-30)38(51)55-27-28-13-10-9-11-14-28/h9-16,18,20,29-30,32H,17,19,21-27H2,1-8H3,(H,44,46)(H,47,50)/t29-,32?/m0/s1. The zero-order valence-corrected chi connectivity index (χ0v) is 35.1. The Morgan fingerprint density at radius 2 is 1.61 bits per heavy atom. The number of nitrogens with zero attached hydrogens (tertiary/aromatic N) is 4. The highest BCUT2D eigenvalue weighted by atomic mass is 32.2. The van der Waals surface area contributed by atoms with E-state index < -0.39 is 49.0 Å². The molecule has 0 aliphatic carbocycles. The molecule has 2 fully saturated rings. The molecule has 1 unspecified atom stereocenters. The predicted octanol–water partition coefficient (Wildman–Crippen LogP) is 7.68. The van der Waals surface area contributed by atoms with Crippen molar-refractivity contribution in [3.8, 4) is 0 Å². The molecular formula is C42H57FN6O7S. The smallest absolute Gasteiger partial charge is 0.410 e. The maximum atomic E-state index is 14.9. The number of carbonyl (C=O) groups is 3. The Hall–Kier alpha value is -4.79. The van der Waals surface area contributed by atoms with Crippen molar-refractivity contribution < 1.29 is 36.7 Å². The first-order valence-electron chi connectivity index (χ1n) is 19.6. The molecule has 15 heteroatoms. The summed E-state index contributed by atoms with van der Waals surface area (Å²) in [6.07, 6.45) is 2.84. The zero-order valence-electron chi connectivity index (χ0n) is 34.3. The highest BCUT2D eigenvalue weighted by molar-refractivity contribution is 7.90. The number of halogens is 1. The van der Waals surface area contributed by atoms with Gasteiger partial charge in [-0.15, -0.1) is 0 Å². The molecule has 57 heavy (non-hydrogen) atoms. The Bertz CT molecular complexity index is 2010. The summed E-state index contributed by atoms with van der Waals surface area (Å²) in [6, 6.07) is 16.5. The highest BCUT2D eigenvalue weighted by Gasteiger charge is 2.43. The number of amides is 3. The number of rotatable bonds is 11. The molecule has 1 aromatic carbocycles. The number of anilines is 1. The SMILES string of the molecule is CC(C)(C)OC(=O)N1C[C@@H](CCC(Nc2cccc(S(=O)(=O)NC(=O)c3ccc(C(C)(C)C)nc3F)n2)C2CCN(C(=O)OCc3ccccc3)CC2)CC1(C)C. The van der Waals surface area contributed by atoms with Crippen LogP contribution in [0.3, 0.4) is 0 Å². The Morgan fingerprint density at radius 3 is 2.25 bits per heavy atom. The van der Waals surface area contributed by atoms with Crippen molar-refractivity contribution in [2.24, 2.45) is 11.8 Å². The van der Waals surface area contributed by atoms with E-state index in [0.717, 1.165) is 18.4 Å². The van der Waals surface area contributed by atoms with Crippen molar-refractivity contribution in [2.45, 2.75) is 122 Å². The fraction of sp³-hybridized carbons (Fsp3) is 0.548. The average Bonchev–Trinajstić information content (AvgIpc) is 3.45. The van der Waals surface area contributed by atoms with Crippen LogP contribution in [0.5, 0.6) is 0 Å². The lowest BCUT2D eigenvalue weighted by atomic mass is 9.84. The van der Waals surface area contributed by atoms with Gasteiger partial charge in [0.25, 0.3) is 15.9 Å². The average molecular weight is 809 g/mol. The van der Waals surface area contributed by atoms with Crippen molar-refractivity contribution in [3.63, 3.8) is 0 Å². The van der Waals surface area contributed by atoms with Crippen molar-refractivity contribution >= 4 is 33.9 Å². The molecule has 2 saturated heterocycles. The summed E-state index contributed by atoms with van der Waals surface area (Å²) in [5.74, 6) is -1.67. The van der Waals surface area contributed by atoms with Crippen LogP contribution in [-0.4, -0.2) is 83.1 Å². The first-order chi connectivity index (χ1) is 26.6. The van der Waals surface area contributed by atoms with Crippen LogP contribution in [0.1, 0.15) is 109 Å². The van der Waals surface area contributed by atoms with Crippen LogP contribution < -0.4 is 10.0 Å². The van der Waals surface area contributed by atoms with E-state index in [1.54, 1.807) is 15.9 Å². The van der Waals surface area contributed by atoms with Gasteiger partial charge >= 0.3 is 12.2 Å². The minimum Gasteiger partial charge on any atom is -0.445 e. The molecule has 0 spiro atoms. The predicted molar refractivity (Wildman–Crippen MR) is 214 cm³/mol. The second-order valence-corrected chi connectivity index (χ2v) is 19.4. The van der Waals surface area contributed by atoms with Gasteiger partial charge in [0.1, 0.15) is 18.0 Å². The number of benzene rings is 1. The van der Waals surface area contributed by atoms with Gasteiger partial charge in [0.2, 0.25) is 5.95 Å². The van der Waals surface area contributed by atoms with Crippen LogP contribution >= 0.6 is 0 Å². The third-order valence-corrected chi connectivity index (χ3v) is 11.7. The van der Waals surface area contributed by atoms with Gasteiger partial charge in [-0.1, -0.05) is 57.2 Å². The van der Waals surface area contributed by atoms with Gasteiger partial charge in [-0.3, -0.25) is 4.79 Å². The van der Waals surface area contributed by atoms with Crippen LogP contribution in [0.2, 0.25) is 0 Å². The Labute approximate surface area is 336 Å². The molecule has 3 aromatic rings. The summed E-state index contributed by atoms with van der Waals surface area (Å²) in [5, 5.41) is 3.06. The van der Waals surface area contributed by atoms with E-state index in [4.69, 9.17) is 9.47 Å². The largest absolute Gasteiger partial charge is 0.445 e. The van der Waals surface area contributed by atoms with Crippen molar-refractivity contribution in [2.75, 3.05) is 25.0 Å². The van der Waals surface area contributed by atoms with E-state index in [1.807, 2.05) is 90.4 Å². The summed E-state index contributed by atoms with van der Waals surface area (Å²) < 4.78 is 54.9.